The van der Waals surface area contributed by atoms with Crippen molar-refractivity contribution in [1.82, 2.24) is 10.6 Å². The van der Waals surface area contributed by atoms with Crippen molar-refractivity contribution in [3.63, 3.8) is 0 Å². The highest BCUT2D eigenvalue weighted by atomic mass is 16.1. The Hall–Kier alpha value is -0.570. The van der Waals surface area contributed by atoms with Gasteiger partial charge in [-0.1, -0.05) is 33.6 Å². The summed E-state index contributed by atoms with van der Waals surface area (Å²) in [6.45, 7) is 11.4. The van der Waals surface area contributed by atoms with Crippen molar-refractivity contribution >= 4 is 5.91 Å². The molecule has 106 valence electrons. The second-order valence-corrected chi connectivity index (χ2v) is 6.97. The van der Waals surface area contributed by atoms with Crippen LogP contribution in [0.25, 0.3) is 0 Å². The van der Waals surface area contributed by atoms with Crippen LogP contribution in [0.3, 0.4) is 0 Å². The molecule has 2 N–H and O–H groups in total. The predicted octanol–water partition coefficient (Wildman–Crippen LogP) is 2.71. The fraction of sp³-hybridized carbons (Fsp3) is 0.933. The van der Waals surface area contributed by atoms with Gasteiger partial charge in [-0.15, -0.1) is 0 Å². The molecule has 0 aromatic rings. The zero-order valence-corrected chi connectivity index (χ0v) is 12.7. The molecule has 0 aromatic heterocycles. The van der Waals surface area contributed by atoms with E-state index in [9.17, 15) is 4.79 Å². The fourth-order valence-electron chi connectivity index (χ4n) is 3.01. The minimum absolute atomic E-state index is 0.114. The molecular weight excluding hydrogens is 224 g/mol. The second-order valence-electron chi connectivity index (χ2n) is 6.97. The quantitative estimate of drug-likeness (QED) is 0.810. The van der Waals surface area contributed by atoms with Crippen molar-refractivity contribution in [2.24, 2.45) is 11.3 Å². The van der Waals surface area contributed by atoms with Gasteiger partial charge in [0.2, 0.25) is 5.91 Å². The molecule has 1 aliphatic carbocycles. The Morgan fingerprint density at radius 1 is 1.22 bits per heavy atom. The van der Waals surface area contributed by atoms with E-state index in [-0.39, 0.29) is 11.9 Å². The molecule has 1 rings (SSSR count). The fourth-order valence-corrected chi connectivity index (χ4v) is 3.01. The van der Waals surface area contributed by atoms with E-state index in [0.29, 0.717) is 23.9 Å². The summed E-state index contributed by atoms with van der Waals surface area (Å²) >= 11 is 0. The molecule has 3 nitrogen and oxygen atoms in total. The first-order valence-electron chi connectivity index (χ1n) is 7.33. The smallest absolute Gasteiger partial charge is 0.234 e. The molecule has 1 saturated carbocycles. The van der Waals surface area contributed by atoms with Crippen LogP contribution in [0.5, 0.6) is 0 Å². The zero-order chi connectivity index (χ0) is 13.8. The molecule has 0 aliphatic heterocycles. The number of nitrogens with one attached hydrogen (secondary N) is 2. The van der Waals surface area contributed by atoms with Gasteiger partial charge in [0.05, 0.1) is 6.54 Å². The van der Waals surface area contributed by atoms with Crippen molar-refractivity contribution < 1.29 is 4.79 Å². The molecule has 2 atom stereocenters. The summed E-state index contributed by atoms with van der Waals surface area (Å²) in [6.07, 6.45) is 5.11. The average molecular weight is 254 g/mol. The summed E-state index contributed by atoms with van der Waals surface area (Å²) < 4.78 is 0. The molecule has 3 heteroatoms. The monoisotopic (exact) mass is 254 g/mol. The molecule has 0 radical (unpaired) electrons. The van der Waals surface area contributed by atoms with E-state index in [4.69, 9.17) is 0 Å². The van der Waals surface area contributed by atoms with Crippen molar-refractivity contribution in [2.75, 3.05) is 6.54 Å². The molecule has 0 saturated heterocycles. The number of amides is 1. The van der Waals surface area contributed by atoms with Crippen LogP contribution in [0.4, 0.5) is 0 Å². The van der Waals surface area contributed by atoms with E-state index in [0.717, 1.165) is 0 Å². The molecule has 0 heterocycles. The van der Waals surface area contributed by atoms with E-state index in [1.807, 2.05) is 13.8 Å². The Morgan fingerprint density at radius 3 is 2.39 bits per heavy atom. The largest absolute Gasteiger partial charge is 0.353 e. The van der Waals surface area contributed by atoms with Crippen LogP contribution in [-0.4, -0.2) is 24.5 Å². The van der Waals surface area contributed by atoms with Gasteiger partial charge in [-0.3, -0.25) is 4.79 Å². The van der Waals surface area contributed by atoms with Gasteiger partial charge in [-0.25, -0.2) is 0 Å². The number of hydrogen-bond acceptors (Lipinski definition) is 2. The van der Waals surface area contributed by atoms with Gasteiger partial charge in [0.15, 0.2) is 0 Å². The summed E-state index contributed by atoms with van der Waals surface area (Å²) in [6, 6.07) is 0.723. The Balaban J connectivity index is 2.45. The third kappa shape index (κ3) is 4.97. The van der Waals surface area contributed by atoms with Gasteiger partial charge >= 0.3 is 0 Å². The maximum atomic E-state index is 11.7. The molecule has 2 unspecified atom stereocenters. The lowest BCUT2D eigenvalue weighted by molar-refractivity contribution is -0.121. The maximum absolute atomic E-state index is 11.7. The first kappa shape index (κ1) is 15.5. The summed E-state index contributed by atoms with van der Waals surface area (Å²) in [5.74, 6) is 0.793. The minimum atomic E-state index is 0.114. The molecule has 0 aromatic carbocycles. The van der Waals surface area contributed by atoms with Gasteiger partial charge in [0.1, 0.15) is 0 Å². The van der Waals surface area contributed by atoms with E-state index in [1.54, 1.807) is 0 Å². The van der Waals surface area contributed by atoms with Gasteiger partial charge in [0.25, 0.3) is 0 Å². The van der Waals surface area contributed by atoms with Crippen molar-refractivity contribution in [1.29, 1.82) is 0 Å². The Morgan fingerprint density at radius 2 is 1.83 bits per heavy atom. The van der Waals surface area contributed by atoms with Gasteiger partial charge in [-0.05, 0) is 38.0 Å². The molecule has 0 spiro atoms. The van der Waals surface area contributed by atoms with Gasteiger partial charge in [-0.2, -0.15) is 0 Å². The van der Waals surface area contributed by atoms with Crippen LogP contribution >= 0.6 is 0 Å². The summed E-state index contributed by atoms with van der Waals surface area (Å²) in [5, 5.41) is 6.41. The minimum Gasteiger partial charge on any atom is -0.353 e. The maximum Gasteiger partial charge on any atom is 0.234 e. The molecular formula is C15H30N2O. The van der Waals surface area contributed by atoms with E-state index < -0.39 is 0 Å². The molecule has 1 aliphatic rings. The lowest BCUT2D eigenvalue weighted by Crippen LogP contribution is -2.48. The second kappa shape index (κ2) is 6.55. The third-order valence-corrected chi connectivity index (χ3v) is 3.85. The molecule has 1 amide bonds. The number of hydrogen-bond donors (Lipinski definition) is 2. The summed E-state index contributed by atoms with van der Waals surface area (Å²) in [4.78, 5) is 11.7. The topological polar surface area (TPSA) is 41.1 Å². The molecule has 1 fully saturated rings. The standard InChI is InChI=1S/C15H30N2O/c1-11(2)17-14(18)10-16-13-9-7-6-8-12(13)15(3,4)5/h11-13,16H,6-10H2,1-5H3,(H,17,18). The normalized spacial score (nSPS) is 25.2. The number of carbonyl (C=O) groups is 1. The highest BCUT2D eigenvalue weighted by Gasteiger charge is 2.33. The summed E-state index contributed by atoms with van der Waals surface area (Å²) in [7, 11) is 0. The highest BCUT2D eigenvalue weighted by molar-refractivity contribution is 5.78. The van der Waals surface area contributed by atoms with Crippen molar-refractivity contribution in [3.8, 4) is 0 Å². The first-order valence-corrected chi connectivity index (χ1v) is 7.33. The molecule has 0 bridgehead atoms. The van der Waals surface area contributed by atoms with Crippen LogP contribution in [-0.2, 0) is 4.79 Å². The molecule has 18 heavy (non-hydrogen) atoms. The van der Waals surface area contributed by atoms with Gasteiger partial charge < -0.3 is 10.6 Å². The average Bonchev–Trinajstić information content (AvgIpc) is 2.24. The Labute approximate surface area is 112 Å². The van der Waals surface area contributed by atoms with E-state index in [1.165, 1.54) is 25.7 Å². The van der Waals surface area contributed by atoms with Crippen molar-refractivity contribution in [3.05, 3.63) is 0 Å². The third-order valence-electron chi connectivity index (χ3n) is 3.85. The van der Waals surface area contributed by atoms with Crippen LogP contribution < -0.4 is 10.6 Å². The van der Waals surface area contributed by atoms with Crippen LogP contribution in [0.2, 0.25) is 0 Å². The number of carbonyl (C=O) groups excluding carboxylic acids is 1. The summed E-state index contributed by atoms with van der Waals surface area (Å²) in [5.41, 5.74) is 0.326. The van der Waals surface area contributed by atoms with Gasteiger partial charge in [0, 0.05) is 12.1 Å². The van der Waals surface area contributed by atoms with Crippen LogP contribution in [0.1, 0.15) is 60.3 Å². The first-order chi connectivity index (χ1) is 8.30. The Kier molecular flexibility index (Phi) is 5.64. The van der Waals surface area contributed by atoms with E-state index in [2.05, 4.69) is 31.4 Å². The van der Waals surface area contributed by atoms with Crippen LogP contribution in [0, 0.1) is 11.3 Å². The zero-order valence-electron chi connectivity index (χ0n) is 12.7. The van der Waals surface area contributed by atoms with Crippen molar-refractivity contribution in [2.45, 2.75) is 72.4 Å². The SMILES string of the molecule is CC(C)NC(=O)CNC1CCCCC1C(C)(C)C. The predicted molar refractivity (Wildman–Crippen MR) is 76.5 cm³/mol. The van der Waals surface area contributed by atoms with E-state index >= 15 is 0 Å². The number of rotatable bonds is 4. The lowest BCUT2D eigenvalue weighted by Gasteiger charge is -2.41. The Bertz CT molecular complexity index is 268. The highest BCUT2D eigenvalue weighted by Crippen LogP contribution is 2.37. The lowest BCUT2D eigenvalue weighted by atomic mass is 9.69. The van der Waals surface area contributed by atoms with Crippen LogP contribution in [0.15, 0.2) is 0 Å².